The molecule has 0 unspecified atom stereocenters. The van der Waals surface area contributed by atoms with E-state index in [0.29, 0.717) is 24.2 Å². The number of hydrazone groups is 1. The fourth-order valence-corrected chi connectivity index (χ4v) is 5.02. The van der Waals surface area contributed by atoms with Gasteiger partial charge in [-0.3, -0.25) is 9.59 Å². The van der Waals surface area contributed by atoms with Crippen molar-refractivity contribution in [3.63, 3.8) is 0 Å². The van der Waals surface area contributed by atoms with Crippen LogP contribution in [0.1, 0.15) is 12.0 Å². The molecule has 2 bridgehead atoms. The lowest BCUT2D eigenvalue weighted by atomic mass is 9.63. The molecule has 132 valence electrons. The molecule has 5 aliphatic rings. The zero-order valence-electron chi connectivity index (χ0n) is 14.3. The maximum Gasteiger partial charge on any atom is 0.254 e. The molecule has 26 heavy (non-hydrogen) atoms. The van der Waals surface area contributed by atoms with E-state index >= 15 is 0 Å². The minimum absolute atomic E-state index is 0.139. The average molecular weight is 348 g/mol. The third-order valence-corrected chi connectivity index (χ3v) is 6.19. The summed E-state index contributed by atoms with van der Waals surface area (Å²) >= 11 is 0. The maximum atomic E-state index is 12.9. The predicted octanol–water partition coefficient (Wildman–Crippen LogP) is 2.64. The number of ether oxygens (including phenoxy) is 1. The molecule has 0 N–H and O–H groups in total. The van der Waals surface area contributed by atoms with Crippen LogP contribution >= 0.6 is 0 Å². The summed E-state index contributed by atoms with van der Waals surface area (Å²) in [6.45, 7) is 4.05. The van der Waals surface area contributed by atoms with Crippen molar-refractivity contribution in [1.29, 1.82) is 0 Å². The molecule has 0 spiro atoms. The highest BCUT2D eigenvalue weighted by molar-refractivity contribution is 6.06. The van der Waals surface area contributed by atoms with Gasteiger partial charge >= 0.3 is 0 Å². The quantitative estimate of drug-likeness (QED) is 0.467. The monoisotopic (exact) mass is 348 g/mol. The van der Waals surface area contributed by atoms with Crippen LogP contribution in [0.2, 0.25) is 0 Å². The Bertz CT molecular complexity index is 823. The van der Waals surface area contributed by atoms with Gasteiger partial charge in [0.05, 0.1) is 18.1 Å². The summed E-state index contributed by atoms with van der Waals surface area (Å²) in [5.74, 6) is 1.66. The number of carbonyl (C=O) groups is 2. The van der Waals surface area contributed by atoms with Crippen molar-refractivity contribution in [2.45, 2.75) is 6.42 Å². The molecule has 0 radical (unpaired) electrons. The molecule has 2 saturated carbocycles. The van der Waals surface area contributed by atoms with Crippen LogP contribution in [0, 0.1) is 35.5 Å². The van der Waals surface area contributed by atoms with Gasteiger partial charge in [-0.15, -0.1) is 0 Å². The Kier molecular flexibility index (Phi) is 3.39. The van der Waals surface area contributed by atoms with E-state index in [2.05, 4.69) is 23.8 Å². The molecule has 4 aliphatic carbocycles. The predicted molar refractivity (Wildman–Crippen MR) is 96.3 cm³/mol. The zero-order valence-corrected chi connectivity index (χ0v) is 14.3. The van der Waals surface area contributed by atoms with E-state index in [4.69, 9.17) is 4.74 Å². The van der Waals surface area contributed by atoms with Crippen LogP contribution in [0.15, 0.2) is 54.2 Å². The molecule has 1 heterocycles. The molecule has 3 fully saturated rings. The number of nitrogens with zero attached hydrogens (tertiary/aromatic N) is 2. The second-order valence-electron chi connectivity index (χ2n) is 7.56. The van der Waals surface area contributed by atoms with Crippen LogP contribution in [0.5, 0.6) is 5.75 Å². The lowest BCUT2D eigenvalue weighted by Gasteiger charge is -2.37. The Morgan fingerprint density at radius 2 is 1.85 bits per heavy atom. The molecule has 5 nitrogen and oxygen atoms in total. The minimum atomic E-state index is -0.208. The summed E-state index contributed by atoms with van der Waals surface area (Å²) in [6.07, 6.45) is 8.73. The number of hydrogen-bond donors (Lipinski definition) is 0. The first-order valence-electron chi connectivity index (χ1n) is 9.13. The number of imide groups is 1. The maximum absolute atomic E-state index is 12.9. The Hall–Kier alpha value is -2.69. The molecule has 6 atom stereocenters. The lowest BCUT2D eigenvalue weighted by molar-refractivity contribution is -0.140. The van der Waals surface area contributed by atoms with Crippen LogP contribution < -0.4 is 4.74 Å². The van der Waals surface area contributed by atoms with Crippen molar-refractivity contribution in [3.05, 3.63) is 54.6 Å². The van der Waals surface area contributed by atoms with Gasteiger partial charge in [0.2, 0.25) is 0 Å². The zero-order chi connectivity index (χ0) is 17.8. The first-order chi connectivity index (χ1) is 12.7. The summed E-state index contributed by atoms with van der Waals surface area (Å²) in [5, 5.41) is 5.34. The molecule has 6 rings (SSSR count). The van der Waals surface area contributed by atoms with E-state index in [1.165, 1.54) is 0 Å². The lowest BCUT2D eigenvalue weighted by Crippen LogP contribution is -2.40. The molecular weight excluding hydrogens is 328 g/mol. The second-order valence-corrected chi connectivity index (χ2v) is 7.56. The van der Waals surface area contributed by atoms with Crippen LogP contribution in [0.4, 0.5) is 0 Å². The Balaban J connectivity index is 1.37. The Labute approximate surface area is 152 Å². The van der Waals surface area contributed by atoms with Crippen molar-refractivity contribution in [3.8, 4) is 5.75 Å². The van der Waals surface area contributed by atoms with Crippen molar-refractivity contribution < 1.29 is 14.3 Å². The SMILES string of the molecule is C=CCOc1cccc(/C=N\N2C(=O)[C@@H]3[C@H]4C=C[C@@H]([C@@H]5C[C@@H]45)[C@@H]3C2=O)c1. The van der Waals surface area contributed by atoms with Gasteiger partial charge in [-0.25, -0.2) is 0 Å². The highest BCUT2D eigenvalue weighted by Crippen LogP contribution is 2.65. The third-order valence-electron chi connectivity index (χ3n) is 6.19. The number of rotatable bonds is 5. The summed E-state index contributed by atoms with van der Waals surface area (Å²) in [7, 11) is 0. The molecule has 1 aromatic rings. The van der Waals surface area contributed by atoms with E-state index in [9.17, 15) is 9.59 Å². The minimum Gasteiger partial charge on any atom is -0.490 e. The molecule has 2 amide bonds. The van der Waals surface area contributed by atoms with E-state index in [-0.39, 0.29) is 35.5 Å². The van der Waals surface area contributed by atoms with Gasteiger partial charge in [0.25, 0.3) is 11.8 Å². The molecule has 1 aromatic carbocycles. The van der Waals surface area contributed by atoms with E-state index < -0.39 is 0 Å². The molecule has 5 heteroatoms. The van der Waals surface area contributed by atoms with E-state index in [1.54, 1.807) is 12.3 Å². The number of amides is 2. The first kappa shape index (κ1) is 15.6. The molecule has 1 aliphatic heterocycles. The van der Waals surface area contributed by atoms with Gasteiger partial charge in [-0.2, -0.15) is 10.1 Å². The van der Waals surface area contributed by atoms with Crippen LogP contribution in [0.3, 0.4) is 0 Å². The fourth-order valence-electron chi connectivity index (χ4n) is 5.02. The number of carbonyl (C=O) groups excluding carboxylic acids is 2. The van der Waals surface area contributed by atoms with Crippen molar-refractivity contribution in [2.75, 3.05) is 6.61 Å². The number of allylic oxidation sites excluding steroid dienone is 2. The van der Waals surface area contributed by atoms with Gasteiger partial charge in [0, 0.05) is 0 Å². The number of hydrogen-bond acceptors (Lipinski definition) is 4. The summed E-state index contributed by atoms with van der Waals surface area (Å²) in [5.41, 5.74) is 0.783. The topological polar surface area (TPSA) is 59.0 Å². The summed E-state index contributed by atoms with van der Waals surface area (Å²) in [4.78, 5) is 25.7. The first-order valence-corrected chi connectivity index (χ1v) is 9.13. The van der Waals surface area contributed by atoms with Crippen molar-refractivity contribution >= 4 is 18.0 Å². The van der Waals surface area contributed by atoms with Crippen molar-refractivity contribution in [1.82, 2.24) is 5.01 Å². The van der Waals surface area contributed by atoms with Crippen LogP contribution in [0.25, 0.3) is 0 Å². The molecule has 0 aromatic heterocycles. The smallest absolute Gasteiger partial charge is 0.254 e. The van der Waals surface area contributed by atoms with Gasteiger partial charge in [-0.1, -0.05) is 36.9 Å². The van der Waals surface area contributed by atoms with Gasteiger partial charge in [-0.05, 0) is 47.8 Å². The van der Waals surface area contributed by atoms with Crippen molar-refractivity contribution in [2.24, 2.45) is 40.6 Å². The standard InChI is InChI=1S/C21H20N2O3/c1-2-8-26-13-5-3-4-12(9-13)11-22-23-20(24)18-14-6-7-15(17-10-16(14)17)19(18)21(23)25/h2-7,9,11,14-19H,1,8,10H2/b22-11-/t14-,15-,16-,17-,18-,19+/m0/s1. The largest absolute Gasteiger partial charge is 0.490 e. The Morgan fingerprint density at radius 1 is 1.15 bits per heavy atom. The highest BCUT2D eigenvalue weighted by Gasteiger charge is 2.67. The van der Waals surface area contributed by atoms with Gasteiger partial charge < -0.3 is 4.74 Å². The number of benzene rings is 1. The van der Waals surface area contributed by atoms with Gasteiger partial charge in [0.15, 0.2) is 0 Å². The normalized spacial score (nSPS) is 36.4. The third kappa shape index (κ3) is 2.19. The second kappa shape index (κ2) is 5.66. The van der Waals surface area contributed by atoms with E-state index in [1.807, 2.05) is 24.3 Å². The summed E-state index contributed by atoms with van der Waals surface area (Å²) < 4.78 is 5.50. The van der Waals surface area contributed by atoms with Crippen LogP contribution in [-0.2, 0) is 9.59 Å². The molecular formula is C21H20N2O3. The highest BCUT2D eigenvalue weighted by atomic mass is 16.5. The molecule has 1 saturated heterocycles. The van der Waals surface area contributed by atoms with E-state index in [0.717, 1.165) is 17.0 Å². The summed E-state index contributed by atoms with van der Waals surface area (Å²) in [6, 6.07) is 7.39. The van der Waals surface area contributed by atoms with Gasteiger partial charge in [0.1, 0.15) is 12.4 Å². The fraction of sp³-hybridized carbons (Fsp3) is 0.381. The average Bonchev–Trinajstić information content (AvgIpc) is 3.44. The van der Waals surface area contributed by atoms with Crippen LogP contribution in [-0.4, -0.2) is 29.6 Å². The Morgan fingerprint density at radius 3 is 2.50 bits per heavy atom.